The van der Waals surface area contributed by atoms with E-state index in [2.05, 4.69) is 5.16 Å². The van der Waals surface area contributed by atoms with Gasteiger partial charge in [0.1, 0.15) is 10.1 Å². The fourth-order valence-electron chi connectivity index (χ4n) is 2.01. The molecule has 2 rings (SSSR count). The molecule has 1 aromatic heterocycles. The molecule has 1 aliphatic rings. The molecule has 120 valence electrons. The first kappa shape index (κ1) is 16.8. The number of nitrogens with zero attached hydrogens (tertiary/aromatic N) is 4. The number of hydrogen-bond acceptors (Lipinski definition) is 6. The van der Waals surface area contributed by atoms with Crippen molar-refractivity contribution in [1.29, 1.82) is 0 Å². The Kier molecular flexibility index (Phi) is 5.41. The van der Waals surface area contributed by atoms with E-state index in [0.29, 0.717) is 23.2 Å². The van der Waals surface area contributed by atoms with Crippen molar-refractivity contribution in [3.63, 3.8) is 0 Å². The molecule has 0 spiro atoms. The Bertz CT molecular complexity index is 588. The van der Waals surface area contributed by atoms with Gasteiger partial charge in [0.15, 0.2) is 5.69 Å². The Balaban J connectivity index is 1.99. The summed E-state index contributed by atoms with van der Waals surface area (Å²) in [6, 6.07) is 1.57. The van der Waals surface area contributed by atoms with Gasteiger partial charge in [-0.25, -0.2) is 5.01 Å². The maximum Gasteiger partial charge on any atom is 0.294 e. The number of aryl methyl sites for hydroxylation is 1. The van der Waals surface area contributed by atoms with Gasteiger partial charge < -0.3 is 9.42 Å². The van der Waals surface area contributed by atoms with Gasteiger partial charge in [-0.15, -0.1) is 0 Å². The van der Waals surface area contributed by atoms with E-state index in [1.54, 1.807) is 17.9 Å². The zero-order valence-corrected chi connectivity index (χ0v) is 14.4. The highest BCUT2D eigenvalue weighted by Crippen LogP contribution is 2.17. The molecule has 0 bridgehead atoms. The Hall–Kier alpha value is -1.61. The Morgan fingerprint density at radius 2 is 2.09 bits per heavy atom. The summed E-state index contributed by atoms with van der Waals surface area (Å²) in [5, 5.41) is 6.61. The maximum absolute atomic E-state index is 12.4. The van der Waals surface area contributed by atoms with Gasteiger partial charge >= 0.3 is 0 Å². The molecule has 0 unspecified atom stereocenters. The lowest BCUT2D eigenvalue weighted by molar-refractivity contribution is -0.137. The summed E-state index contributed by atoms with van der Waals surface area (Å²) in [5.74, 6) is 0.314. The predicted octanol–water partition coefficient (Wildman–Crippen LogP) is 1.15. The first-order valence-electron chi connectivity index (χ1n) is 6.79. The lowest BCUT2D eigenvalue weighted by atomic mass is 10.3. The van der Waals surface area contributed by atoms with Crippen LogP contribution in [0.15, 0.2) is 10.6 Å². The topological polar surface area (TPSA) is 69.9 Å². The van der Waals surface area contributed by atoms with Crippen molar-refractivity contribution in [2.75, 3.05) is 32.9 Å². The van der Waals surface area contributed by atoms with Gasteiger partial charge in [-0.3, -0.25) is 14.6 Å². The first-order chi connectivity index (χ1) is 10.4. The lowest BCUT2D eigenvalue weighted by Gasteiger charge is -2.27. The summed E-state index contributed by atoms with van der Waals surface area (Å²) in [6.45, 7) is 2.74. The molecule has 0 saturated carbocycles. The second-order valence-corrected chi connectivity index (χ2v) is 6.68. The summed E-state index contributed by atoms with van der Waals surface area (Å²) >= 11 is 6.43. The second kappa shape index (κ2) is 7.10. The van der Waals surface area contributed by atoms with E-state index in [9.17, 15) is 9.59 Å². The minimum Gasteiger partial charge on any atom is -0.364 e. The molecular weight excluding hydrogens is 324 g/mol. The van der Waals surface area contributed by atoms with Crippen LogP contribution in [-0.4, -0.2) is 69.1 Å². The lowest BCUT2D eigenvalue weighted by Crippen LogP contribution is -2.45. The number of thiocarbonyl (C=S) groups is 1. The number of rotatable bonds is 3. The summed E-state index contributed by atoms with van der Waals surface area (Å²) in [5.41, 5.74) is 0.216. The third-order valence-corrected chi connectivity index (χ3v) is 4.81. The van der Waals surface area contributed by atoms with Gasteiger partial charge in [-0.1, -0.05) is 29.1 Å². The van der Waals surface area contributed by atoms with Crippen molar-refractivity contribution in [2.24, 2.45) is 0 Å². The molecule has 2 heterocycles. The minimum atomic E-state index is -0.317. The van der Waals surface area contributed by atoms with Gasteiger partial charge in [0, 0.05) is 33.3 Å². The number of aromatic nitrogens is 1. The molecule has 0 aliphatic carbocycles. The highest BCUT2D eigenvalue weighted by atomic mass is 32.2. The van der Waals surface area contributed by atoms with E-state index in [4.69, 9.17) is 16.7 Å². The molecule has 0 N–H and O–H groups in total. The molecule has 22 heavy (non-hydrogen) atoms. The number of carbonyl (C=O) groups excluding carboxylic acids is 2. The second-order valence-electron chi connectivity index (χ2n) is 5.07. The number of thioether (sulfide) groups is 1. The molecule has 1 saturated heterocycles. The molecule has 1 aromatic rings. The van der Waals surface area contributed by atoms with Crippen LogP contribution in [0.3, 0.4) is 0 Å². The highest BCUT2D eigenvalue weighted by molar-refractivity contribution is 8.23. The van der Waals surface area contributed by atoms with Gasteiger partial charge in [0.25, 0.3) is 11.8 Å². The third-order valence-electron chi connectivity index (χ3n) is 3.08. The predicted molar refractivity (Wildman–Crippen MR) is 87.3 cm³/mol. The van der Waals surface area contributed by atoms with E-state index in [0.717, 1.165) is 6.42 Å². The van der Waals surface area contributed by atoms with Crippen LogP contribution in [0.4, 0.5) is 0 Å². The smallest absolute Gasteiger partial charge is 0.294 e. The van der Waals surface area contributed by atoms with E-state index in [-0.39, 0.29) is 23.3 Å². The average molecular weight is 342 g/mol. The summed E-state index contributed by atoms with van der Waals surface area (Å²) in [7, 11) is 3.66. The van der Waals surface area contributed by atoms with Crippen LogP contribution in [0, 0.1) is 6.92 Å². The van der Waals surface area contributed by atoms with Crippen molar-refractivity contribution in [3.05, 3.63) is 17.5 Å². The first-order valence-corrected chi connectivity index (χ1v) is 8.19. The van der Waals surface area contributed by atoms with E-state index in [1.165, 1.54) is 21.8 Å². The van der Waals surface area contributed by atoms with Gasteiger partial charge in [-0.2, -0.15) is 0 Å². The zero-order chi connectivity index (χ0) is 16.3. The number of hydrogen-bond donors (Lipinski definition) is 0. The molecule has 7 nitrogen and oxygen atoms in total. The van der Waals surface area contributed by atoms with Crippen LogP contribution < -0.4 is 0 Å². The maximum atomic E-state index is 12.4. The van der Waals surface area contributed by atoms with Crippen LogP contribution in [0.5, 0.6) is 0 Å². The van der Waals surface area contributed by atoms with Crippen molar-refractivity contribution in [3.8, 4) is 0 Å². The number of amides is 2. The van der Waals surface area contributed by atoms with E-state index < -0.39 is 0 Å². The van der Waals surface area contributed by atoms with Gasteiger partial charge in [0.05, 0.1) is 5.75 Å². The minimum absolute atomic E-state index is 0.139. The average Bonchev–Trinajstić information content (AvgIpc) is 3.12. The Labute approximate surface area is 138 Å². The van der Waals surface area contributed by atoms with E-state index >= 15 is 0 Å². The molecule has 0 radical (unpaired) electrons. The highest BCUT2D eigenvalue weighted by Gasteiger charge is 2.32. The SMILES string of the molecule is Cc1cc(C(=O)N2CCCN2C(=O)CSC(=S)N(C)C)no1. The van der Waals surface area contributed by atoms with Crippen LogP contribution in [0.2, 0.25) is 0 Å². The normalized spacial score (nSPS) is 14.3. The Morgan fingerprint density at radius 1 is 1.41 bits per heavy atom. The molecule has 0 aromatic carbocycles. The van der Waals surface area contributed by atoms with Crippen LogP contribution >= 0.6 is 24.0 Å². The molecule has 9 heteroatoms. The fourth-order valence-corrected chi connectivity index (χ4v) is 2.84. The van der Waals surface area contributed by atoms with Crippen LogP contribution in [0.25, 0.3) is 0 Å². The van der Waals surface area contributed by atoms with Gasteiger partial charge in [-0.05, 0) is 13.3 Å². The zero-order valence-electron chi connectivity index (χ0n) is 12.7. The van der Waals surface area contributed by atoms with Crippen molar-refractivity contribution < 1.29 is 14.1 Å². The Morgan fingerprint density at radius 3 is 2.68 bits per heavy atom. The van der Waals surface area contributed by atoms with Crippen LogP contribution in [0.1, 0.15) is 22.7 Å². The number of hydrazine groups is 1. The molecule has 0 atom stereocenters. The molecule has 2 amide bonds. The van der Waals surface area contributed by atoms with Crippen LogP contribution in [-0.2, 0) is 4.79 Å². The van der Waals surface area contributed by atoms with E-state index in [1.807, 2.05) is 14.1 Å². The monoisotopic (exact) mass is 342 g/mol. The van der Waals surface area contributed by atoms with Crippen molar-refractivity contribution >= 4 is 40.1 Å². The third kappa shape index (κ3) is 3.77. The summed E-state index contributed by atoms with van der Waals surface area (Å²) in [4.78, 5) is 26.5. The standard InChI is InChI=1S/C13H18N4O3S2/c1-9-7-10(14-20-9)12(19)17-6-4-5-16(17)11(18)8-22-13(21)15(2)3/h7H,4-6,8H2,1-3H3. The van der Waals surface area contributed by atoms with Crippen molar-refractivity contribution in [1.82, 2.24) is 20.1 Å². The number of carbonyl (C=O) groups is 2. The summed E-state index contributed by atoms with van der Waals surface area (Å²) in [6.07, 6.45) is 0.747. The molecule has 1 fully saturated rings. The van der Waals surface area contributed by atoms with Gasteiger partial charge in [0.2, 0.25) is 0 Å². The fraction of sp³-hybridized carbons (Fsp3) is 0.538. The summed E-state index contributed by atoms with van der Waals surface area (Å²) < 4.78 is 5.56. The molecular formula is C13H18N4O3S2. The largest absolute Gasteiger partial charge is 0.364 e. The molecule has 1 aliphatic heterocycles. The van der Waals surface area contributed by atoms with Crippen molar-refractivity contribution in [2.45, 2.75) is 13.3 Å². The quantitative estimate of drug-likeness (QED) is 0.763.